The highest BCUT2D eigenvalue weighted by Gasteiger charge is 2.14. The van der Waals surface area contributed by atoms with E-state index in [0.717, 1.165) is 27.0 Å². The van der Waals surface area contributed by atoms with Crippen molar-refractivity contribution >= 4 is 27.5 Å². The quantitative estimate of drug-likeness (QED) is 0.493. The molecule has 0 saturated heterocycles. The normalized spacial score (nSPS) is 11.0. The number of halogens is 2. The molecule has 6 nitrogen and oxygen atoms in total. The van der Waals surface area contributed by atoms with Gasteiger partial charge in [0.2, 0.25) is 0 Å². The molecule has 0 aliphatic rings. The van der Waals surface area contributed by atoms with E-state index in [1.807, 2.05) is 59.4 Å². The van der Waals surface area contributed by atoms with Gasteiger partial charge < -0.3 is 0 Å². The van der Waals surface area contributed by atoms with Crippen molar-refractivity contribution in [1.29, 1.82) is 0 Å². The van der Waals surface area contributed by atoms with Gasteiger partial charge in [0.05, 0.1) is 11.4 Å². The molecule has 4 aromatic rings. The number of nitrogens with zero attached hydrogens (tertiary/aromatic N) is 3. The Kier molecular flexibility index (Phi) is 4.96. The lowest BCUT2D eigenvalue weighted by Gasteiger charge is -2.02. The zero-order valence-corrected chi connectivity index (χ0v) is 16.4. The molecular weight excluding hydrogens is 432 g/mol. The van der Waals surface area contributed by atoms with Crippen LogP contribution in [0.5, 0.6) is 0 Å². The highest BCUT2D eigenvalue weighted by molar-refractivity contribution is 9.10. The molecule has 2 aromatic carbocycles. The van der Waals surface area contributed by atoms with Crippen molar-refractivity contribution in [3.05, 3.63) is 86.2 Å². The minimum absolute atomic E-state index is 0.512. The van der Waals surface area contributed by atoms with E-state index in [4.69, 9.17) is 16.7 Å². The summed E-state index contributed by atoms with van der Waals surface area (Å²) in [5.74, 6) is -0.0352. The Morgan fingerprint density at radius 2 is 1.81 bits per heavy atom. The molecule has 0 fully saturated rings. The molecule has 0 bridgehead atoms. The van der Waals surface area contributed by atoms with Gasteiger partial charge in [-0.15, -0.1) is 0 Å². The molecular formula is C19H14BrClN4O2. The fraction of sp³-hybridized carbons (Fsp3) is 0.105. The lowest BCUT2D eigenvalue weighted by atomic mass is 10.0. The average Bonchev–Trinajstić information content (AvgIpc) is 3.27. The predicted octanol–water partition coefficient (Wildman–Crippen LogP) is 4.42. The first-order valence-electron chi connectivity index (χ1n) is 8.24. The summed E-state index contributed by atoms with van der Waals surface area (Å²) < 4.78 is 7.42. The largest absolute Gasteiger partial charge is 0.438 e. The first kappa shape index (κ1) is 17.8. The van der Waals surface area contributed by atoms with Crippen LogP contribution in [0.4, 0.5) is 0 Å². The molecule has 0 radical (unpaired) electrons. The van der Waals surface area contributed by atoms with Gasteiger partial charge in [-0.3, -0.25) is 9.51 Å². The SMILES string of the molecule is O=c1[nH]c(CCc2cn(-c3ccc(Br)cc3)nc2-c2ccc(Cl)cc2)no1. The molecule has 0 saturated carbocycles. The van der Waals surface area contributed by atoms with Crippen LogP contribution in [0.1, 0.15) is 11.4 Å². The van der Waals surface area contributed by atoms with Crippen LogP contribution in [0.2, 0.25) is 5.02 Å². The summed E-state index contributed by atoms with van der Waals surface area (Å²) in [5.41, 5.74) is 3.82. The molecule has 1 N–H and O–H groups in total. The maximum atomic E-state index is 11.1. The maximum Gasteiger partial charge on any atom is 0.438 e. The minimum atomic E-state index is -0.548. The summed E-state index contributed by atoms with van der Waals surface area (Å²) in [6.07, 6.45) is 3.18. The summed E-state index contributed by atoms with van der Waals surface area (Å²) >= 11 is 9.46. The Morgan fingerprint density at radius 3 is 2.48 bits per heavy atom. The van der Waals surface area contributed by atoms with Gasteiger partial charge in [-0.2, -0.15) is 5.10 Å². The molecule has 2 aromatic heterocycles. The van der Waals surface area contributed by atoms with Gasteiger partial charge in [-0.1, -0.05) is 44.8 Å². The summed E-state index contributed by atoms with van der Waals surface area (Å²) in [7, 11) is 0. The van der Waals surface area contributed by atoms with Gasteiger partial charge in [0.15, 0.2) is 5.82 Å². The van der Waals surface area contributed by atoms with E-state index in [0.29, 0.717) is 23.7 Å². The van der Waals surface area contributed by atoms with Gasteiger partial charge >= 0.3 is 5.76 Å². The lowest BCUT2D eigenvalue weighted by Crippen LogP contribution is -1.99. The summed E-state index contributed by atoms with van der Waals surface area (Å²) in [4.78, 5) is 13.7. The Morgan fingerprint density at radius 1 is 1.07 bits per heavy atom. The first-order chi connectivity index (χ1) is 13.1. The molecule has 0 amide bonds. The summed E-state index contributed by atoms with van der Waals surface area (Å²) in [6, 6.07) is 15.5. The maximum absolute atomic E-state index is 11.1. The highest BCUT2D eigenvalue weighted by atomic mass is 79.9. The molecule has 0 spiro atoms. The van der Waals surface area contributed by atoms with Gasteiger partial charge in [0.1, 0.15) is 0 Å². The van der Waals surface area contributed by atoms with Crippen LogP contribution in [0, 0.1) is 0 Å². The smallest absolute Gasteiger partial charge is 0.296 e. The van der Waals surface area contributed by atoms with Gasteiger partial charge in [-0.25, -0.2) is 9.48 Å². The van der Waals surface area contributed by atoms with Crippen molar-refractivity contribution in [3.8, 4) is 16.9 Å². The second kappa shape index (κ2) is 7.54. The van der Waals surface area contributed by atoms with E-state index in [-0.39, 0.29) is 0 Å². The van der Waals surface area contributed by atoms with Crippen molar-refractivity contribution < 1.29 is 4.52 Å². The van der Waals surface area contributed by atoms with Crippen molar-refractivity contribution in [3.63, 3.8) is 0 Å². The summed E-state index contributed by atoms with van der Waals surface area (Å²) in [5, 5.41) is 9.17. The van der Waals surface area contributed by atoms with Gasteiger partial charge in [-0.05, 0) is 48.4 Å². The van der Waals surface area contributed by atoms with Crippen molar-refractivity contribution in [2.24, 2.45) is 0 Å². The lowest BCUT2D eigenvalue weighted by molar-refractivity contribution is 0.381. The molecule has 0 unspecified atom stereocenters. The third-order valence-corrected chi connectivity index (χ3v) is 4.90. The Hall–Kier alpha value is -2.64. The molecule has 27 heavy (non-hydrogen) atoms. The number of benzene rings is 2. The van der Waals surface area contributed by atoms with Crippen LogP contribution in [0.15, 0.2) is 68.5 Å². The van der Waals surface area contributed by atoms with Crippen LogP contribution in [0.3, 0.4) is 0 Å². The van der Waals surface area contributed by atoms with Crippen LogP contribution in [-0.4, -0.2) is 19.9 Å². The fourth-order valence-electron chi connectivity index (χ4n) is 2.79. The zero-order valence-electron chi connectivity index (χ0n) is 14.0. The average molecular weight is 446 g/mol. The second-order valence-corrected chi connectivity index (χ2v) is 7.32. The van der Waals surface area contributed by atoms with Crippen molar-refractivity contribution in [2.45, 2.75) is 12.8 Å². The molecule has 8 heteroatoms. The van der Waals surface area contributed by atoms with Crippen molar-refractivity contribution in [1.82, 2.24) is 19.9 Å². The number of hydrogen-bond acceptors (Lipinski definition) is 4. The number of rotatable bonds is 5. The van der Waals surface area contributed by atoms with Gasteiger partial charge in [0.25, 0.3) is 0 Å². The molecule has 136 valence electrons. The van der Waals surface area contributed by atoms with Crippen molar-refractivity contribution in [2.75, 3.05) is 0 Å². The third kappa shape index (κ3) is 4.04. The fourth-order valence-corrected chi connectivity index (χ4v) is 3.18. The Labute approximate surface area is 167 Å². The molecule has 2 heterocycles. The Bertz CT molecular complexity index is 1110. The zero-order chi connectivity index (χ0) is 18.8. The van der Waals surface area contributed by atoms with E-state index in [2.05, 4.69) is 30.6 Å². The number of nitrogens with one attached hydrogen (secondary N) is 1. The number of aryl methyl sites for hydroxylation is 2. The predicted molar refractivity (Wildman–Crippen MR) is 106 cm³/mol. The standard InChI is InChI=1S/C19H14BrClN4O2/c20-14-4-8-16(9-5-14)25-11-13(3-10-17-22-19(26)27-24-17)18(23-25)12-1-6-15(21)7-2-12/h1-2,4-9,11H,3,10H2,(H,22,24,26). The van der Waals surface area contributed by atoms with Crippen LogP contribution >= 0.6 is 27.5 Å². The number of aromatic nitrogens is 4. The van der Waals surface area contributed by atoms with E-state index in [1.165, 1.54) is 0 Å². The molecule has 4 rings (SSSR count). The minimum Gasteiger partial charge on any atom is -0.296 e. The molecule has 0 aliphatic carbocycles. The van der Waals surface area contributed by atoms with Crippen LogP contribution in [-0.2, 0) is 12.8 Å². The first-order valence-corrected chi connectivity index (χ1v) is 9.41. The number of aromatic amines is 1. The van der Waals surface area contributed by atoms with E-state index >= 15 is 0 Å². The third-order valence-electron chi connectivity index (χ3n) is 4.12. The monoisotopic (exact) mass is 444 g/mol. The van der Waals surface area contributed by atoms with E-state index in [1.54, 1.807) is 0 Å². The molecule has 0 atom stereocenters. The number of H-pyrrole nitrogens is 1. The highest BCUT2D eigenvalue weighted by Crippen LogP contribution is 2.26. The topological polar surface area (TPSA) is 76.7 Å². The Balaban J connectivity index is 1.71. The second-order valence-electron chi connectivity index (χ2n) is 5.97. The summed E-state index contributed by atoms with van der Waals surface area (Å²) in [6.45, 7) is 0. The molecule has 0 aliphatic heterocycles. The van der Waals surface area contributed by atoms with Crippen LogP contribution < -0.4 is 5.76 Å². The van der Waals surface area contributed by atoms with Crippen LogP contribution in [0.25, 0.3) is 16.9 Å². The van der Waals surface area contributed by atoms with E-state index < -0.39 is 5.76 Å². The van der Waals surface area contributed by atoms with E-state index in [9.17, 15) is 4.79 Å². The van der Waals surface area contributed by atoms with Gasteiger partial charge in [0, 0.05) is 27.7 Å². The number of hydrogen-bond donors (Lipinski definition) is 1.